The van der Waals surface area contributed by atoms with E-state index in [9.17, 15) is 10.1 Å². The van der Waals surface area contributed by atoms with Crippen LogP contribution in [0.2, 0.25) is 0 Å². The summed E-state index contributed by atoms with van der Waals surface area (Å²) in [7, 11) is 0. The zero-order valence-corrected chi connectivity index (χ0v) is 11.4. The Morgan fingerprint density at radius 1 is 1.05 bits per heavy atom. The molecule has 0 atom stereocenters. The molecule has 0 unspecified atom stereocenters. The van der Waals surface area contributed by atoms with Gasteiger partial charge in [-0.05, 0) is 24.3 Å². The number of aromatic nitrogens is 3. The zero-order chi connectivity index (χ0) is 15.4. The molecule has 3 rings (SSSR count). The van der Waals surface area contributed by atoms with E-state index in [4.69, 9.17) is 0 Å². The highest BCUT2D eigenvalue weighted by Gasteiger charge is 2.13. The summed E-state index contributed by atoms with van der Waals surface area (Å²) >= 11 is 0. The summed E-state index contributed by atoms with van der Waals surface area (Å²) in [6.07, 6.45) is 4.96. The van der Waals surface area contributed by atoms with Crippen LogP contribution < -0.4 is 5.32 Å². The minimum atomic E-state index is -0.451. The van der Waals surface area contributed by atoms with Crippen LogP contribution >= 0.6 is 0 Å². The first-order valence-corrected chi connectivity index (χ1v) is 6.48. The van der Waals surface area contributed by atoms with Crippen LogP contribution in [-0.2, 0) is 0 Å². The highest BCUT2D eigenvalue weighted by molar-refractivity contribution is 5.67. The standard InChI is InChI=1S/C15H11N5O2/c21-20(22)14-6-2-1-5-13(14)19-15-17-9-7-12(18-15)11-4-3-8-16-10-11/h1-10H,(H,17,18,19). The van der Waals surface area contributed by atoms with E-state index in [1.165, 1.54) is 6.07 Å². The molecule has 0 radical (unpaired) electrons. The number of pyridine rings is 1. The van der Waals surface area contributed by atoms with Crippen LogP contribution in [0.25, 0.3) is 11.3 Å². The van der Waals surface area contributed by atoms with Gasteiger partial charge >= 0.3 is 0 Å². The van der Waals surface area contributed by atoms with Gasteiger partial charge in [-0.15, -0.1) is 0 Å². The molecule has 2 heterocycles. The Kier molecular flexibility index (Phi) is 3.69. The molecule has 0 aliphatic heterocycles. The molecule has 2 aromatic heterocycles. The third kappa shape index (κ3) is 2.88. The van der Waals surface area contributed by atoms with Crippen LogP contribution in [-0.4, -0.2) is 19.9 Å². The van der Waals surface area contributed by atoms with E-state index in [2.05, 4.69) is 20.3 Å². The number of nitrogens with zero attached hydrogens (tertiary/aromatic N) is 4. The Morgan fingerprint density at radius 3 is 2.68 bits per heavy atom. The lowest BCUT2D eigenvalue weighted by Gasteiger charge is -2.06. The van der Waals surface area contributed by atoms with Gasteiger partial charge in [-0.3, -0.25) is 15.1 Å². The smallest absolute Gasteiger partial charge is 0.292 e. The van der Waals surface area contributed by atoms with Gasteiger partial charge in [-0.2, -0.15) is 0 Å². The van der Waals surface area contributed by atoms with E-state index < -0.39 is 4.92 Å². The fourth-order valence-corrected chi connectivity index (χ4v) is 1.95. The van der Waals surface area contributed by atoms with Gasteiger partial charge in [0, 0.05) is 30.2 Å². The van der Waals surface area contributed by atoms with Crippen molar-refractivity contribution in [3.63, 3.8) is 0 Å². The van der Waals surface area contributed by atoms with Gasteiger partial charge in [0.1, 0.15) is 5.69 Å². The number of anilines is 2. The molecule has 1 N–H and O–H groups in total. The van der Waals surface area contributed by atoms with Crippen molar-refractivity contribution in [3.05, 3.63) is 71.2 Å². The van der Waals surface area contributed by atoms with Crippen LogP contribution in [0.1, 0.15) is 0 Å². The van der Waals surface area contributed by atoms with Crippen LogP contribution in [0.5, 0.6) is 0 Å². The fraction of sp³-hybridized carbons (Fsp3) is 0. The van der Waals surface area contributed by atoms with Crippen LogP contribution in [0, 0.1) is 10.1 Å². The average molecular weight is 293 g/mol. The SMILES string of the molecule is O=[N+]([O-])c1ccccc1Nc1nccc(-c2cccnc2)n1. The van der Waals surface area contributed by atoms with E-state index in [-0.39, 0.29) is 11.6 Å². The maximum absolute atomic E-state index is 11.0. The van der Waals surface area contributed by atoms with Gasteiger partial charge in [0.15, 0.2) is 0 Å². The van der Waals surface area contributed by atoms with Gasteiger partial charge in [-0.25, -0.2) is 9.97 Å². The lowest BCUT2D eigenvalue weighted by atomic mass is 10.2. The Bertz CT molecular complexity index is 808. The maximum atomic E-state index is 11.0. The minimum absolute atomic E-state index is 0.0297. The highest BCUT2D eigenvalue weighted by Crippen LogP contribution is 2.26. The summed E-state index contributed by atoms with van der Waals surface area (Å²) in [6.45, 7) is 0. The Labute approximate surface area is 125 Å². The lowest BCUT2D eigenvalue weighted by Crippen LogP contribution is -2.01. The molecule has 0 saturated carbocycles. The first kappa shape index (κ1) is 13.6. The van der Waals surface area contributed by atoms with Gasteiger partial charge in [0.2, 0.25) is 5.95 Å². The van der Waals surface area contributed by atoms with E-state index in [1.54, 1.807) is 42.9 Å². The van der Waals surface area contributed by atoms with Crippen molar-refractivity contribution in [1.82, 2.24) is 15.0 Å². The molecular weight excluding hydrogens is 282 g/mol. The van der Waals surface area contributed by atoms with Gasteiger partial charge in [-0.1, -0.05) is 12.1 Å². The number of rotatable bonds is 4. The molecule has 0 aliphatic rings. The molecule has 0 amide bonds. The Balaban J connectivity index is 1.93. The van der Waals surface area contributed by atoms with Gasteiger partial charge in [0.25, 0.3) is 5.69 Å². The molecule has 7 nitrogen and oxygen atoms in total. The number of nitrogens with one attached hydrogen (secondary N) is 1. The number of nitro groups is 1. The van der Waals surface area contributed by atoms with Crippen molar-refractivity contribution in [2.75, 3.05) is 5.32 Å². The van der Waals surface area contributed by atoms with E-state index >= 15 is 0 Å². The van der Waals surface area contributed by atoms with E-state index in [0.29, 0.717) is 11.4 Å². The largest absolute Gasteiger partial charge is 0.318 e. The van der Waals surface area contributed by atoms with E-state index in [0.717, 1.165) is 5.56 Å². The average Bonchev–Trinajstić information content (AvgIpc) is 2.56. The number of para-hydroxylation sites is 2. The second-order valence-corrected chi connectivity index (χ2v) is 4.41. The second kappa shape index (κ2) is 5.96. The molecule has 0 bridgehead atoms. The molecule has 0 fully saturated rings. The van der Waals surface area contributed by atoms with E-state index in [1.807, 2.05) is 12.1 Å². The maximum Gasteiger partial charge on any atom is 0.292 e. The molecule has 0 saturated heterocycles. The van der Waals surface area contributed by atoms with Crippen molar-refractivity contribution >= 4 is 17.3 Å². The van der Waals surface area contributed by atoms with Crippen LogP contribution in [0.15, 0.2) is 61.1 Å². The lowest BCUT2D eigenvalue weighted by molar-refractivity contribution is -0.383. The summed E-state index contributed by atoms with van der Waals surface area (Å²) in [6, 6.07) is 11.8. The Hall–Kier alpha value is -3.35. The van der Waals surface area contributed by atoms with Crippen molar-refractivity contribution in [2.45, 2.75) is 0 Å². The zero-order valence-electron chi connectivity index (χ0n) is 11.4. The molecule has 0 spiro atoms. The number of hydrogen-bond donors (Lipinski definition) is 1. The van der Waals surface area contributed by atoms with Crippen molar-refractivity contribution in [3.8, 4) is 11.3 Å². The normalized spacial score (nSPS) is 10.2. The molecule has 3 aromatic rings. The number of nitro benzene ring substituents is 1. The van der Waals surface area contributed by atoms with Gasteiger partial charge in [0.05, 0.1) is 10.6 Å². The summed E-state index contributed by atoms with van der Waals surface area (Å²) < 4.78 is 0. The first-order valence-electron chi connectivity index (χ1n) is 6.48. The molecule has 0 aliphatic carbocycles. The second-order valence-electron chi connectivity index (χ2n) is 4.41. The summed E-state index contributed by atoms with van der Waals surface area (Å²) in [4.78, 5) is 23.1. The monoisotopic (exact) mass is 293 g/mol. The third-order valence-electron chi connectivity index (χ3n) is 2.96. The molecule has 7 heteroatoms. The molecular formula is C15H11N5O2. The quantitative estimate of drug-likeness (QED) is 0.586. The molecule has 22 heavy (non-hydrogen) atoms. The number of benzene rings is 1. The summed E-state index contributed by atoms with van der Waals surface area (Å²) in [5, 5.41) is 13.9. The fourth-order valence-electron chi connectivity index (χ4n) is 1.95. The topological polar surface area (TPSA) is 93.8 Å². The highest BCUT2D eigenvalue weighted by atomic mass is 16.6. The Morgan fingerprint density at radius 2 is 1.91 bits per heavy atom. The van der Waals surface area contributed by atoms with Crippen LogP contribution in [0.4, 0.5) is 17.3 Å². The van der Waals surface area contributed by atoms with Gasteiger partial charge < -0.3 is 5.32 Å². The first-order chi connectivity index (χ1) is 10.7. The number of hydrogen-bond acceptors (Lipinski definition) is 6. The molecule has 1 aromatic carbocycles. The van der Waals surface area contributed by atoms with Crippen molar-refractivity contribution < 1.29 is 4.92 Å². The minimum Gasteiger partial charge on any atom is -0.318 e. The van der Waals surface area contributed by atoms with Crippen molar-refractivity contribution in [1.29, 1.82) is 0 Å². The summed E-state index contributed by atoms with van der Waals surface area (Å²) in [5.74, 6) is 0.288. The summed E-state index contributed by atoms with van der Waals surface area (Å²) in [5.41, 5.74) is 1.84. The molecule has 108 valence electrons. The van der Waals surface area contributed by atoms with Crippen molar-refractivity contribution in [2.24, 2.45) is 0 Å². The predicted molar refractivity (Wildman–Crippen MR) is 81.6 cm³/mol. The third-order valence-corrected chi connectivity index (χ3v) is 2.96. The predicted octanol–water partition coefficient (Wildman–Crippen LogP) is 3.19. The van der Waals surface area contributed by atoms with Crippen LogP contribution in [0.3, 0.4) is 0 Å².